The van der Waals surface area contributed by atoms with Gasteiger partial charge >= 0.3 is 7.82 Å². The summed E-state index contributed by atoms with van der Waals surface area (Å²) >= 11 is 0. The van der Waals surface area contributed by atoms with Crippen molar-refractivity contribution in [1.29, 1.82) is 0 Å². The van der Waals surface area contributed by atoms with Gasteiger partial charge in [0, 0.05) is 5.92 Å². The SMILES string of the molecule is CCCC1(OP(=O)(O)O)COC2C1CO[C@H]2n1cnc2c(N)ncnc21. The Hall–Kier alpha value is -1.62. The van der Waals surface area contributed by atoms with E-state index >= 15 is 0 Å². The Labute approximate surface area is 148 Å². The molecule has 0 saturated carbocycles. The zero-order valence-corrected chi connectivity index (χ0v) is 15.0. The maximum atomic E-state index is 11.5. The summed E-state index contributed by atoms with van der Waals surface area (Å²) in [6, 6.07) is 0. The molecular weight excluding hydrogens is 365 g/mol. The van der Waals surface area contributed by atoms with Gasteiger partial charge in [0.2, 0.25) is 0 Å². The van der Waals surface area contributed by atoms with Crippen molar-refractivity contribution in [3.8, 4) is 0 Å². The van der Waals surface area contributed by atoms with E-state index in [-0.39, 0.29) is 24.9 Å². The number of nitrogens with two attached hydrogens (primary N) is 1. The van der Waals surface area contributed by atoms with Gasteiger partial charge in [-0.1, -0.05) is 13.3 Å². The van der Waals surface area contributed by atoms with Crippen molar-refractivity contribution >= 4 is 24.8 Å². The van der Waals surface area contributed by atoms with Gasteiger partial charge in [-0.3, -0.25) is 9.09 Å². The van der Waals surface area contributed by atoms with Crippen LogP contribution in [0.4, 0.5) is 5.82 Å². The molecule has 4 atom stereocenters. The molecule has 2 aromatic heterocycles. The van der Waals surface area contributed by atoms with Gasteiger partial charge in [0.1, 0.15) is 23.5 Å². The fourth-order valence-corrected chi connectivity index (χ4v) is 4.69. The monoisotopic (exact) mass is 385 g/mol. The molecule has 4 N–H and O–H groups in total. The Morgan fingerprint density at radius 3 is 2.96 bits per heavy atom. The highest BCUT2D eigenvalue weighted by Crippen LogP contribution is 2.53. The van der Waals surface area contributed by atoms with Gasteiger partial charge in [-0.2, -0.15) is 0 Å². The fraction of sp³-hybridized carbons (Fsp3) is 0.643. The number of hydrogen-bond acceptors (Lipinski definition) is 8. The number of anilines is 1. The predicted octanol–water partition coefficient (Wildman–Crippen LogP) is 0.600. The Morgan fingerprint density at radius 2 is 2.23 bits per heavy atom. The fourth-order valence-electron chi connectivity index (χ4n) is 3.94. The predicted molar refractivity (Wildman–Crippen MR) is 88.7 cm³/mol. The molecule has 2 aliphatic heterocycles. The summed E-state index contributed by atoms with van der Waals surface area (Å²) in [5, 5.41) is 0. The molecule has 4 rings (SSSR count). The Balaban J connectivity index is 1.67. The second-order valence-electron chi connectivity index (χ2n) is 6.59. The molecule has 2 fully saturated rings. The standard InChI is InChI=1S/C14H20N5O6P/c1-2-3-14(25-26(20,21)22)5-24-10-8(14)4-23-13(10)19-7-18-9-11(15)16-6-17-12(9)19/h6-8,10,13H,2-5H2,1H3,(H2,15,16,17)(H2,20,21,22)/t8?,10?,13-,14?/m1/s1. The second kappa shape index (κ2) is 6.22. The number of imidazole rings is 1. The average molecular weight is 385 g/mol. The van der Waals surface area contributed by atoms with Crippen LogP contribution in [0.25, 0.3) is 11.2 Å². The van der Waals surface area contributed by atoms with E-state index in [1.54, 1.807) is 10.9 Å². The Bertz CT molecular complexity index is 871. The molecule has 0 radical (unpaired) electrons. The first-order valence-electron chi connectivity index (χ1n) is 8.27. The van der Waals surface area contributed by atoms with Gasteiger partial charge in [0.05, 0.1) is 19.5 Å². The van der Waals surface area contributed by atoms with Crippen molar-refractivity contribution in [1.82, 2.24) is 19.5 Å². The highest BCUT2D eigenvalue weighted by molar-refractivity contribution is 7.46. The van der Waals surface area contributed by atoms with Crippen LogP contribution in [0.15, 0.2) is 12.7 Å². The minimum Gasteiger partial charge on any atom is -0.382 e. The number of aromatic nitrogens is 4. The van der Waals surface area contributed by atoms with Gasteiger partial charge in [-0.25, -0.2) is 19.5 Å². The molecule has 2 aliphatic rings. The molecule has 11 nitrogen and oxygen atoms in total. The van der Waals surface area contributed by atoms with Crippen molar-refractivity contribution in [2.75, 3.05) is 18.9 Å². The van der Waals surface area contributed by atoms with E-state index in [1.807, 2.05) is 6.92 Å². The number of fused-ring (bicyclic) bond motifs is 2. The van der Waals surface area contributed by atoms with Crippen LogP contribution >= 0.6 is 7.82 Å². The van der Waals surface area contributed by atoms with Crippen LogP contribution in [0.3, 0.4) is 0 Å². The summed E-state index contributed by atoms with van der Waals surface area (Å²) in [6.45, 7) is 2.26. The molecule has 0 bridgehead atoms. The lowest BCUT2D eigenvalue weighted by atomic mass is 9.84. The lowest BCUT2D eigenvalue weighted by Crippen LogP contribution is -2.41. The maximum absolute atomic E-state index is 11.5. The summed E-state index contributed by atoms with van der Waals surface area (Å²) in [5.41, 5.74) is 5.71. The third-order valence-corrected chi connectivity index (χ3v) is 5.56. The molecule has 26 heavy (non-hydrogen) atoms. The van der Waals surface area contributed by atoms with E-state index < -0.39 is 25.8 Å². The lowest BCUT2D eigenvalue weighted by Gasteiger charge is -2.32. The van der Waals surface area contributed by atoms with Gasteiger partial charge in [0.25, 0.3) is 0 Å². The second-order valence-corrected chi connectivity index (χ2v) is 7.75. The average Bonchev–Trinajstić information content (AvgIpc) is 3.22. The molecular formula is C14H20N5O6P. The van der Waals surface area contributed by atoms with E-state index in [4.69, 9.17) is 19.7 Å². The van der Waals surface area contributed by atoms with Crippen molar-refractivity contribution < 1.29 is 28.3 Å². The third-order valence-electron chi connectivity index (χ3n) is 4.96. The normalized spacial score (nSPS) is 31.6. The summed E-state index contributed by atoms with van der Waals surface area (Å²) < 4.78 is 30.2. The smallest absolute Gasteiger partial charge is 0.382 e. The number of hydrogen-bond donors (Lipinski definition) is 3. The number of phosphoric ester groups is 1. The molecule has 0 aromatic carbocycles. The van der Waals surface area contributed by atoms with Crippen molar-refractivity contribution in [2.45, 2.75) is 37.7 Å². The minimum atomic E-state index is -4.68. The number of nitrogens with zero attached hydrogens (tertiary/aromatic N) is 4. The van der Waals surface area contributed by atoms with Crippen LogP contribution in [0.2, 0.25) is 0 Å². The van der Waals surface area contributed by atoms with Crippen LogP contribution in [-0.2, 0) is 18.6 Å². The number of rotatable bonds is 5. The highest BCUT2D eigenvalue weighted by atomic mass is 31.2. The lowest BCUT2D eigenvalue weighted by molar-refractivity contribution is -0.0627. The number of nitrogen functional groups attached to an aromatic ring is 1. The molecule has 142 valence electrons. The van der Waals surface area contributed by atoms with Gasteiger partial charge in [-0.05, 0) is 6.42 Å². The Kier molecular flexibility index (Phi) is 4.25. The molecule has 12 heteroatoms. The van der Waals surface area contributed by atoms with Gasteiger partial charge in [0.15, 0.2) is 17.7 Å². The molecule has 0 spiro atoms. The van der Waals surface area contributed by atoms with Gasteiger partial charge < -0.3 is 25.0 Å². The van der Waals surface area contributed by atoms with Crippen molar-refractivity contribution in [2.24, 2.45) is 5.92 Å². The maximum Gasteiger partial charge on any atom is 0.470 e. The quantitative estimate of drug-likeness (QED) is 0.623. The Morgan fingerprint density at radius 1 is 1.42 bits per heavy atom. The molecule has 0 aliphatic carbocycles. The molecule has 2 aromatic rings. The number of ether oxygens (including phenoxy) is 2. The van der Waals surface area contributed by atoms with Crippen molar-refractivity contribution in [3.63, 3.8) is 0 Å². The van der Waals surface area contributed by atoms with Crippen LogP contribution in [0, 0.1) is 5.92 Å². The summed E-state index contributed by atoms with van der Waals surface area (Å²) in [5.74, 6) is -0.0579. The zero-order chi connectivity index (χ0) is 18.5. The highest BCUT2D eigenvalue weighted by Gasteiger charge is 2.59. The summed E-state index contributed by atoms with van der Waals surface area (Å²) in [6.07, 6.45) is 3.05. The first kappa shape index (κ1) is 17.8. The van der Waals surface area contributed by atoms with E-state index in [1.165, 1.54) is 6.33 Å². The summed E-state index contributed by atoms with van der Waals surface area (Å²) in [4.78, 5) is 31.1. The third kappa shape index (κ3) is 2.81. The van der Waals surface area contributed by atoms with Crippen LogP contribution < -0.4 is 5.73 Å². The van der Waals surface area contributed by atoms with Crippen LogP contribution in [0.5, 0.6) is 0 Å². The van der Waals surface area contributed by atoms with E-state index in [9.17, 15) is 14.4 Å². The van der Waals surface area contributed by atoms with E-state index in [0.29, 0.717) is 24.0 Å². The molecule has 3 unspecified atom stereocenters. The zero-order valence-electron chi connectivity index (χ0n) is 14.1. The molecule has 0 amide bonds. The van der Waals surface area contributed by atoms with E-state index in [0.717, 1.165) is 0 Å². The molecule has 4 heterocycles. The molecule has 2 saturated heterocycles. The van der Waals surface area contributed by atoms with Crippen LogP contribution in [0.1, 0.15) is 26.0 Å². The summed E-state index contributed by atoms with van der Waals surface area (Å²) in [7, 11) is -4.68. The van der Waals surface area contributed by atoms with Gasteiger partial charge in [-0.15, -0.1) is 0 Å². The topological polar surface area (TPSA) is 155 Å². The minimum absolute atomic E-state index is 0.0882. The largest absolute Gasteiger partial charge is 0.470 e. The first-order valence-corrected chi connectivity index (χ1v) is 9.80. The first-order chi connectivity index (χ1) is 12.3. The number of phosphoric acid groups is 1. The van der Waals surface area contributed by atoms with Crippen molar-refractivity contribution in [3.05, 3.63) is 12.7 Å². The van der Waals surface area contributed by atoms with E-state index in [2.05, 4.69) is 15.0 Å². The van der Waals surface area contributed by atoms with Crippen LogP contribution in [-0.4, -0.2) is 54.2 Å².